The van der Waals surface area contributed by atoms with Crippen LogP contribution in [0.25, 0.3) is 121 Å². The molecule has 0 amide bonds. The zero-order valence-corrected chi connectivity index (χ0v) is 28.9. The molecule has 244 valence electrons. The SMILES string of the molecule is N#Cc1ccc(-c2cc3c4cc5c(c(-c6ccc(C#N)cc6)c4ccc3c3cc4c(cc23)-c2cccc3cccc-4c23)-c2cccc3cccc-5c23)cc1. The first-order valence-corrected chi connectivity index (χ1v) is 18.3. The van der Waals surface area contributed by atoms with Crippen LogP contribution in [0.15, 0.2) is 158 Å². The Bertz CT molecular complexity index is 3420. The zero-order chi connectivity index (χ0) is 35.7. The van der Waals surface area contributed by atoms with E-state index < -0.39 is 0 Å². The molecular formula is C52H26N2. The number of fused-ring (bicyclic) bond motifs is 11. The maximum absolute atomic E-state index is 9.69. The normalized spacial score (nSPS) is 12.0. The predicted molar refractivity (Wildman–Crippen MR) is 223 cm³/mol. The molecule has 0 unspecified atom stereocenters. The van der Waals surface area contributed by atoms with Crippen molar-refractivity contribution in [3.8, 4) is 78.9 Å². The molecule has 2 heteroatoms. The van der Waals surface area contributed by atoms with Gasteiger partial charge in [0.2, 0.25) is 0 Å². The summed E-state index contributed by atoms with van der Waals surface area (Å²) in [5.41, 5.74) is 15.9. The van der Waals surface area contributed by atoms with Gasteiger partial charge in [0.1, 0.15) is 0 Å². The molecule has 2 aliphatic rings. The lowest BCUT2D eigenvalue weighted by Gasteiger charge is -2.19. The van der Waals surface area contributed by atoms with Crippen molar-refractivity contribution >= 4 is 53.9 Å². The van der Waals surface area contributed by atoms with Crippen molar-refractivity contribution in [2.75, 3.05) is 0 Å². The van der Waals surface area contributed by atoms with Crippen molar-refractivity contribution in [2.45, 2.75) is 0 Å². The maximum atomic E-state index is 9.69. The van der Waals surface area contributed by atoms with E-state index in [0.29, 0.717) is 11.1 Å². The number of hydrogen-bond donors (Lipinski definition) is 0. The van der Waals surface area contributed by atoms with Crippen molar-refractivity contribution in [2.24, 2.45) is 0 Å². The highest BCUT2D eigenvalue weighted by atomic mass is 14.3. The van der Waals surface area contributed by atoms with Crippen LogP contribution in [0.5, 0.6) is 0 Å². The standard InChI is InChI=1S/C52H26N2/c53-27-29-13-17-31(18-14-29)41-23-42-35(43-24-44-36-9-1-5-32-6-2-10-37(49(32)36)45(44)25-47(41)43)21-22-39-46(42)26-48-38-11-3-7-33-8-4-12-40(50(33)38)52(48)51(39)34-19-15-30(28-54)16-20-34/h1-26H. The van der Waals surface area contributed by atoms with Gasteiger partial charge in [-0.1, -0.05) is 109 Å². The summed E-state index contributed by atoms with van der Waals surface area (Å²) in [6.45, 7) is 0. The summed E-state index contributed by atoms with van der Waals surface area (Å²) in [6, 6.07) is 61.5. The van der Waals surface area contributed by atoms with Crippen LogP contribution < -0.4 is 0 Å². The summed E-state index contributed by atoms with van der Waals surface area (Å²) < 4.78 is 0. The highest BCUT2D eigenvalue weighted by Gasteiger charge is 2.28. The Labute approximate surface area is 311 Å². The van der Waals surface area contributed by atoms with Gasteiger partial charge in [0.15, 0.2) is 0 Å². The monoisotopic (exact) mass is 678 g/mol. The van der Waals surface area contributed by atoms with Gasteiger partial charge in [-0.15, -0.1) is 0 Å². The first kappa shape index (κ1) is 29.1. The van der Waals surface area contributed by atoms with Crippen molar-refractivity contribution in [1.82, 2.24) is 0 Å². The van der Waals surface area contributed by atoms with E-state index in [2.05, 4.69) is 146 Å². The van der Waals surface area contributed by atoms with Gasteiger partial charge in [-0.05, 0) is 169 Å². The van der Waals surface area contributed by atoms with E-state index in [0.717, 1.165) is 16.7 Å². The van der Waals surface area contributed by atoms with Crippen molar-refractivity contribution in [1.29, 1.82) is 10.5 Å². The molecule has 2 aliphatic carbocycles. The molecule has 0 heterocycles. The Morgan fingerprint density at radius 3 is 1.35 bits per heavy atom. The quantitative estimate of drug-likeness (QED) is 0.171. The molecule has 0 fully saturated rings. The molecule has 0 N–H and O–H groups in total. The molecule has 0 radical (unpaired) electrons. The number of rotatable bonds is 2. The van der Waals surface area contributed by atoms with Crippen LogP contribution in [0, 0.1) is 22.7 Å². The summed E-state index contributed by atoms with van der Waals surface area (Å²) in [6.07, 6.45) is 0. The molecule has 10 aromatic carbocycles. The number of nitrogens with zero attached hydrogens (tertiary/aromatic N) is 2. The Hall–Kier alpha value is -7.52. The van der Waals surface area contributed by atoms with E-state index in [4.69, 9.17) is 0 Å². The second kappa shape index (κ2) is 10.5. The van der Waals surface area contributed by atoms with Crippen molar-refractivity contribution < 1.29 is 0 Å². The summed E-state index contributed by atoms with van der Waals surface area (Å²) in [5, 5.41) is 31.6. The number of nitriles is 2. The number of benzene rings is 10. The number of hydrogen-bond acceptors (Lipinski definition) is 2. The molecular weight excluding hydrogens is 653 g/mol. The average molecular weight is 679 g/mol. The Kier molecular flexibility index (Phi) is 5.67. The third kappa shape index (κ3) is 3.76. The van der Waals surface area contributed by atoms with Gasteiger partial charge in [0, 0.05) is 0 Å². The van der Waals surface area contributed by atoms with Crippen LogP contribution in [0.1, 0.15) is 11.1 Å². The van der Waals surface area contributed by atoms with E-state index in [1.165, 1.54) is 104 Å². The van der Waals surface area contributed by atoms with Gasteiger partial charge in [0.25, 0.3) is 0 Å². The van der Waals surface area contributed by atoms with E-state index in [9.17, 15) is 10.5 Å². The Morgan fingerprint density at radius 2 is 0.741 bits per heavy atom. The summed E-state index contributed by atoms with van der Waals surface area (Å²) in [4.78, 5) is 0. The molecule has 54 heavy (non-hydrogen) atoms. The third-order valence-electron chi connectivity index (χ3n) is 12.0. The van der Waals surface area contributed by atoms with Crippen LogP contribution in [0.4, 0.5) is 0 Å². The Balaban J connectivity index is 1.25. The minimum absolute atomic E-state index is 0.647. The molecule has 10 aromatic rings. The molecule has 0 aromatic heterocycles. The van der Waals surface area contributed by atoms with Gasteiger partial charge in [-0.25, -0.2) is 0 Å². The lowest BCUT2D eigenvalue weighted by molar-refractivity contribution is 1.48. The lowest BCUT2D eigenvalue weighted by atomic mass is 9.84. The van der Waals surface area contributed by atoms with Gasteiger partial charge >= 0.3 is 0 Å². The lowest BCUT2D eigenvalue weighted by Crippen LogP contribution is -1.92. The van der Waals surface area contributed by atoms with Gasteiger partial charge in [-0.2, -0.15) is 10.5 Å². The first-order valence-electron chi connectivity index (χ1n) is 18.3. The zero-order valence-electron chi connectivity index (χ0n) is 28.9. The minimum atomic E-state index is 0.647. The van der Waals surface area contributed by atoms with Crippen LogP contribution in [-0.2, 0) is 0 Å². The van der Waals surface area contributed by atoms with E-state index >= 15 is 0 Å². The molecule has 2 nitrogen and oxygen atoms in total. The van der Waals surface area contributed by atoms with Gasteiger partial charge < -0.3 is 0 Å². The van der Waals surface area contributed by atoms with E-state index in [-0.39, 0.29) is 0 Å². The average Bonchev–Trinajstić information content (AvgIpc) is 3.73. The maximum Gasteiger partial charge on any atom is 0.0991 e. The molecule has 0 saturated heterocycles. The minimum Gasteiger partial charge on any atom is -0.192 e. The topological polar surface area (TPSA) is 47.6 Å². The fraction of sp³-hybridized carbons (Fsp3) is 0. The molecule has 0 bridgehead atoms. The van der Waals surface area contributed by atoms with Crippen LogP contribution in [0.3, 0.4) is 0 Å². The molecule has 12 rings (SSSR count). The van der Waals surface area contributed by atoms with Crippen LogP contribution in [-0.4, -0.2) is 0 Å². The Morgan fingerprint density at radius 1 is 0.296 bits per heavy atom. The van der Waals surface area contributed by atoms with Crippen molar-refractivity contribution in [3.63, 3.8) is 0 Å². The smallest absolute Gasteiger partial charge is 0.0991 e. The fourth-order valence-corrected chi connectivity index (χ4v) is 9.63. The van der Waals surface area contributed by atoms with Gasteiger partial charge in [-0.3, -0.25) is 0 Å². The molecule has 0 atom stereocenters. The second-order valence-electron chi connectivity index (χ2n) is 14.6. The highest BCUT2D eigenvalue weighted by molar-refractivity contribution is 6.29. The van der Waals surface area contributed by atoms with E-state index in [1.807, 2.05) is 24.3 Å². The summed E-state index contributed by atoms with van der Waals surface area (Å²) >= 11 is 0. The second-order valence-corrected chi connectivity index (χ2v) is 14.6. The highest BCUT2D eigenvalue weighted by Crippen LogP contribution is 2.55. The molecule has 0 saturated carbocycles. The third-order valence-corrected chi connectivity index (χ3v) is 12.0. The van der Waals surface area contributed by atoms with Crippen LogP contribution in [0.2, 0.25) is 0 Å². The van der Waals surface area contributed by atoms with E-state index in [1.54, 1.807) is 0 Å². The first-order chi connectivity index (χ1) is 26.7. The molecule has 0 spiro atoms. The molecule has 0 aliphatic heterocycles. The largest absolute Gasteiger partial charge is 0.192 e. The van der Waals surface area contributed by atoms with Crippen LogP contribution >= 0.6 is 0 Å². The van der Waals surface area contributed by atoms with Gasteiger partial charge in [0.05, 0.1) is 23.3 Å². The fourth-order valence-electron chi connectivity index (χ4n) is 9.63. The predicted octanol–water partition coefficient (Wildman–Crippen LogP) is 13.8. The summed E-state index contributed by atoms with van der Waals surface area (Å²) in [5.74, 6) is 0. The van der Waals surface area contributed by atoms with Crippen molar-refractivity contribution in [3.05, 3.63) is 169 Å². The summed E-state index contributed by atoms with van der Waals surface area (Å²) in [7, 11) is 0.